The molecule has 1 aromatic heterocycles. The molecule has 1 fully saturated rings. The maximum Gasteiger partial charge on any atom is 0.109 e. The first-order valence-corrected chi connectivity index (χ1v) is 7.60. The third kappa shape index (κ3) is 3.51. The van der Waals surface area contributed by atoms with Gasteiger partial charge < -0.3 is 15.8 Å². The lowest BCUT2D eigenvalue weighted by Crippen LogP contribution is -2.28. The molecule has 0 amide bonds. The Bertz CT molecular complexity index is 367. The molecule has 5 heteroatoms. The maximum atomic E-state index is 5.80. The third-order valence-corrected chi connectivity index (χ3v) is 4.51. The molecule has 3 atom stereocenters. The minimum absolute atomic E-state index is 0.0384. The van der Waals surface area contributed by atoms with E-state index in [1.807, 2.05) is 6.92 Å². The number of thiazole rings is 1. The molecular formula is C13H23N3OS. The van der Waals surface area contributed by atoms with Gasteiger partial charge in [0.1, 0.15) is 5.01 Å². The predicted molar refractivity (Wildman–Crippen MR) is 74.6 cm³/mol. The molecule has 0 aliphatic carbocycles. The van der Waals surface area contributed by atoms with Crippen LogP contribution in [0.4, 0.5) is 0 Å². The monoisotopic (exact) mass is 269 g/mol. The molecule has 1 aliphatic heterocycles. The number of hydrogen-bond donors (Lipinski definition) is 2. The van der Waals surface area contributed by atoms with Gasteiger partial charge in [0.05, 0.1) is 17.8 Å². The first kappa shape index (κ1) is 13.9. The number of rotatable bonds is 6. The zero-order valence-corrected chi connectivity index (χ0v) is 12.0. The van der Waals surface area contributed by atoms with E-state index >= 15 is 0 Å². The summed E-state index contributed by atoms with van der Waals surface area (Å²) in [6.07, 6.45) is 2.72. The lowest BCUT2D eigenvalue weighted by atomic mass is 10.00. The van der Waals surface area contributed by atoms with Crippen molar-refractivity contribution in [2.24, 2.45) is 11.7 Å². The fourth-order valence-corrected chi connectivity index (χ4v) is 3.15. The van der Waals surface area contributed by atoms with E-state index in [-0.39, 0.29) is 6.04 Å². The van der Waals surface area contributed by atoms with Gasteiger partial charge in [0.25, 0.3) is 0 Å². The van der Waals surface area contributed by atoms with Gasteiger partial charge in [-0.15, -0.1) is 11.3 Å². The molecule has 0 radical (unpaired) electrons. The SMILES string of the molecule is CCC1OCCC1CNCc1csc(C(C)N)n1. The first-order valence-electron chi connectivity index (χ1n) is 6.73. The molecule has 1 aromatic rings. The molecule has 0 spiro atoms. The van der Waals surface area contributed by atoms with Crippen molar-refractivity contribution in [2.75, 3.05) is 13.2 Å². The van der Waals surface area contributed by atoms with Gasteiger partial charge in [0, 0.05) is 25.1 Å². The van der Waals surface area contributed by atoms with E-state index in [4.69, 9.17) is 10.5 Å². The second-order valence-electron chi connectivity index (χ2n) is 4.96. The van der Waals surface area contributed by atoms with E-state index in [0.29, 0.717) is 12.0 Å². The molecule has 0 aromatic carbocycles. The minimum atomic E-state index is 0.0384. The number of nitrogens with zero attached hydrogens (tertiary/aromatic N) is 1. The summed E-state index contributed by atoms with van der Waals surface area (Å²) in [6, 6.07) is 0.0384. The summed E-state index contributed by atoms with van der Waals surface area (Å²) in [5.74, 6) is 0.654. The normalized spacial score (nSPS) is 25.5. The number of hydrogen-bond acceptors (Lipinski definition) is 5. The fourth-order valence-electron chi connectivity index (χ4n) is 2.38. The third-order valence-electron chi connectivity index (χ3n) is 3.42. The van der Waals surface area contributed by atoms with E-state index < -0.39 is 0 Å². The van der Waals surface area contributed by atoms with Crippen LogP contribution in [-0.2, 0) is 11.3 Å². The smallest absolute Gasteiger partial charge is 0.109 e. The highest BCUT2D eigenvalue weighted by Crippen LogP contribution is 2.22. The van der Waals surface area contributed by atoms with Crippen LogP contribution in [0.15, 0.2) is 5.38 Å². The first-order chi connectivity index (χ1) is 8.70. The van der Waals surface area contributed by atoms with Crippen molar-refractivity contribution in [1.29, 1.82) is 0 Å². The lowest BCUT2D eigenvalue weighted by Gasteiger charge is -2.16. The largest absolute Gasteiger partial charge is 0.378 e. The van der Waals surface area contributed by atoms with E-state index in [2.05, 4.69) is 22.6 Å². The summed E-state index contributed by atoms with van der Waals surface area (Å²) < 4.78 is 5.68. The number of aromatic nitrogens is 1. The highest BCUT2D eigenvalue weighted by Gasteiger charge is 2.25. The standard InChI is InChI=1S/C13H23N3OS/c1-3-12-10(4-5-17-12)6-15-7-11-8-18-13(16-11)9(2)14/h8-10,12,15H,3-7,14H2,1-2H3. The quantitative estimate of drug-likeness (QED) is 0.830. The van der Waals surface area contributed by atoms with Crippen molar-refractivity contribution in [3.63, 3.8) is 0 Å². The molecule has 2 heterocycles. The topological polar surface area (TPSA) is 60.2 Å². The van der Waals surface area contributed by atoms with E-state index in [0.717, 1.165) is 36.8 Å². The summed E-state index contributed by atoms with van der Waals surface area (Å²) >= 11 is 1.64. The van der Waals surface area contributed by atoms with Gasteiger partial charge in [-0.25, -0.2) is 4.98 Å². The zero-order chi connectivity index (χ0) is 13.0. The van der Waals surface area contributed by atoms with Gasteiger partial charge in [-0.05, 0) is 25.7 Å². The van der Waals surface area contributed by atoms with Crippen LogP contribution in [0, 0.1) is 5.92 Å². The minimum Gasteiger partial charge on any atom is -0.378 e. The summed E-state index contributed by atoms with van der Waals surface area (Å²) in [7, 11) is 0. The van der Waals surface area contributed by atoms with Crippen LogP contribution in [0.3, 0.4) is 0 Å². The Hall–Kier alpha value is -0.490. The molecule has 1 saturated heterocycles. The second-order valence-corrected chi connectivity index (χ2v) is 5.85. The van der Waals surface area contributed by atoms with Crippen molar-refractivity contribution >= 4 is 11.3 Å². The molecule has 2 rings (SSSR count). The molecule has 1 aliphatic rings. The summed E-state index contributed by atoms with van der Waals surface area (Å²) in [6.45, 7) is 6.92. The van der Waals surface area contributed by atoms with Gasteiger partial charge in [0.2, 0.25) is 0 Å². The van der Waals surface area contributed by atoms with E-state index in [9.17, 15) is 0 Å². The molecule has 0 saturated carbocycles. The van der Waals surface area contributed by atoms with Crippen LogP contribution in [0.2, 0.25) is 0 Å². The summed E-state index contributed by atoms with van der Waals surface area (Å²) in [5, 5.41) is 6.59. The van der Waals surface area contributed by atoms with E-state index in [1.165, 1.54) is 6.42 Å². The van der Waals surface area contributed by atoms with Crippen molar-refractivity contribution in [3.8, 4) is 0 Å². The Balaban J connectivity index is 1.74. The Labute approximate surface area is 113 Å². The van der Waals surface area contributed by atoms with Gasteiger partial charge in [0.15, 0.2) is 0 Å². The van der Waals surface area contributed by atoms with E-state index in [1.54, 1.807) is 11.3 Å². The van der Waals surface area contributed by atoms with Crippen LogP contribution < -0.4 is 11.1 Å². The van der Waals surface area contributed by atoms with Crippen molar-refractivity contribution < 1.29 is 4.74 Å². The fraction of sp³-hybridized carbons (Fsp3) is 0.769. The highest BCUT2D eigenvalue weighted by molar-refractivity contribution is 7.09. The Kier molecular flexibility index (Phi) is 5.12. The van der Waals surface area contributed by atoms with Crippen molar-refractivity contribution in [1.82, 2.24) is 10.3 Å². The Morgan fingerprint density at radius 1 is 1.67 bits per heavy atom. The number of nitrogens with one attached hydrogen (secondary N) is 1. The van der Waals surface area contributed by atoms with Gasteiger partial charge in [-0.1, -0.05) is 6.92 Å². The van der Waals surface area contributed by atoms with Gasteiger partial charge in [-0.2, -0.15) is 0 Å². The summed E-state index contributed by atoms with van der Waals surface area (Å²) in [4.78, 5) is 4.51. The van der Waals surface area contributed by atoms with Crippen molar-refractivity contribution in [2.45, 2.75) is 45.4 Å². The molecule has 4 nitrogen and oxygen atoms in total. The van der Waals surface area contributed by atoms with Crippen LogP contribution in [-0.4, -0.2) is 24.2 Å². The molecule has 0 bridgehead atoms. The molecule has 102 valence electrons. The molecule has 18 heavy (non-hydrogen) atoms. The Morgan fingerprint density at radius 3 is 3.17 bits per heavy atom. The average Bonchev–Trinajstić information content (AvgIpc) is 2.97. The van der Waals surface area contributed by atoms with Crippen LogP contribution in [0.25, 0.3) is 0 Å². The highest BCUT2D eigenvalue weighted by atomic mass is 32.1. The number of nitrogens with two attached hydrogens (primary N) is 1. The van der Waals surface area contributed by atoms with Crippen LogP contribution in [0.5, 0.6) is 0 Å². The Morgan fingerprint density at radius 2 is 2.50 bits per heavy atom. The lowest BCUT2D eigenvalue weighted by molar-refractivity contribution is 0.0872. The molecular weight excluding hydrogens is 246 g/mol. The predicted octanol–water partition coefficient (Wildman–Crippen LogP) is 2.07. The van der Waals surface area contributed by atoms with Gasteiger partial charge >= 0.3 is 0 Å². The average molecular weight is 269 g/mol. The van der Waals surface area contributed by atoms with Crippen LogP contribution in [0.1, 0.15) is 43.4 Å². The zero-order valence-electron chi connectivity index (χ0n) is 11.2. The maximum absolute atomic E-state index is 5.80. The van der Waals surface area contributed by atoms with Crippen LogP contribution >= 0.6 is 11.3 Å². The van der Waals surface area contributed by atoms with Gasteiger partial charge in [-0.3, -0.25) is 0 Å². The number of ether oxygens (including phenoxy) is 1. The molecule has 3 unspecified atom stereocenters. The summed E-state index contributed by atoms with van der Waals surface area (Å²) in [5.41, 5.74) is 6.90. The molecule has 3 N–H and O–H groups in total. The second kappa shape index (κ2) is 6.61. The van der Waals surface area contributed by atoms with Crippen molar-refractivity contribution in [3.05, 3.63) is 16.1 Å².